The number of alkyl halides is 1. The van der Waals surface area contributed by atoms with Gasteiger partial charge in [0.1, 0.15) is 58.9 Å². The van der Waals surface area contributed by atoms with E-state index in [9.17, 15) is 18.4 Å². The van der Waals surface area contributed by atoms with E-state index >= 15 is 0 Å². The van der Waals surface area contributed by atoms with Gasteiger partial charge in [0, 0.05) is 21.4 Å². The summed E-state index contributed by atoms with van der Waals surface area (Å²) in [5.74, 6) is 1.89. The number of rotatable bonds is 11. The van der Waals surface area contributed by atoms with Crippen molar-refractivity contribution in [1.29, 1.82) is 5.26 Å². The fraction of sp³-hybridized carbons (Fsp3) is 0.188. The van der Waals surface area contributed by atoms with E-state index in [-0.39, 0.29) is 36.0 Å². The number of nitrogens with one attached hydrogen (secondary N) is 1. The average molecular weight is 951 g/mol. The predicted octanol–water partition coefficient (Wildman–Crippen LogP) is 13.5. The van der Waals surface area contributed by atoms with Crippen LogP contribution in [0, 0.1) is 23.0 Å². The van der Waals surface area contributed by atoms with Crippen molar-refractivity contribution in [3.05, 3.63) is 178 Å². The van der Waals surface area contributed by atoms with E-state index < -0.39 is 30.4 Å². The smallest absolute Gasteiger partial charge is 0.415 e. The summed E-state index contributed by atoms with van der Waals surface area (Å²) >= 11 is 17.8. The zero-order chi connectivity index (χ0) is 44.9. The Morgan fingerprint density at radius 3 is 1.34 bits per heavy atom. The van der Waals surface area contributed by atoms with Gasteiger partial charge in [-0.1, -0.05) is 54.4 Å². The number of nitrogens with zero attached hydrogens (tertiary/aromatic N) is 3. The highest BCUT2D eigenvalue weighted by Crippen LogP contribution is 2.41. The van der Waals surface area contributed by atoms with Crippen molar-refractivity contribution in [2.75, 3.05) is 29.3 Å². The third kappa shape index (κ3) is 12.6. The number of carbonyl (C=O) groups excluding carboxylic acids is 2. The molecule has 0 bridgehead atoms. The lowest BCUT2D eigenvalue weighted by Gasteiger charge is -2.25. The Morgan fingerprint density at radius 1 is 0.641 bits per heavy atom. The lowest BCUT2D eigenvalue weighted by atomic mass is 9.98. The second-order valence-corrected chi connectivity index (χ2v) is 15.1. The number of anilines is 2. The summed E-state index contributed by atoms with van der Waals surface area (Å²) in [7, 11) is 1.74. The van der Waals surface area contributed by atoms with Crippen LogP contribution < -0.4 is 24.6 Å². The molecule has 64 heavy (non-hydrogen) atoms. The molecule has 2 aliphatic heterocycles. The van der Waals surface area contributed by atoms with Gasteiger partial charge in [-0.05, 0) is 146 Å². The molecule has 6 aromatic rings. The van der Waals surface area contributed by atoms with E-state index in [0.29, 0.717) is 68.5 Å². The van der Waals surface area contributed by atoms with Crippen molar-refractivity contribution in [2.45, 2.75) is 37.6 Å². The van der Waals surface area contributed by atoms with Gasteiger partial charge in [0.05, 0.1) is 18.5 Å². The number of halogens is 6. The van der Waals surface area contributed by atoms with Crippen LogP contribution in [0.5, 0.6) is 23.0 Å². The van der Waals surface area contributed by atoms with E-state index in [0.717, 1.165) is 0 Å². The van der Waals surface area contributed by atoms with Crippen LogP contribution in [0.3, 0.4) is 0 Å². The highest BCUT2D eigenvalue weighted by Gasteiger charge is 2.44. The maximum Gasteiger partial charge on any atom is 0.415 e. The number of carbonyl (C=O) groups is 2. The molecule has 0 unspecified atom stereocenters. The molecule has 10 nitrogen and oxygen atoms in total. The largest absolute Gasteiger partial charge is 0.457 e. The standard InChI is InChI=1S/C23H19ClFNO3.C22H16Cl2FNO3.C3H6N2.ClH/c1-2-21-22(15-4-3-5-17(25)14-15)26(23(27)29-21)18-8-12-20(13-9-18)28-19-10-6-16(24)7-11-19;23-13-20-21(14-2-1-3-16(25)12-14)26(22(27)29-20)17-6-10-19(11-7-17)28-18-8-4-15(24)5-9-18;1-5-3-2-4;/h3-14,21-22H,2H2,1H3;1-12,20-21H,13H2;5H,3H2,1H3;1H/t21-,22-;20-,21-;;/m00../s1. The van der Waals surface area contributed by atoms with Crippen LogP contribution in [0.25, 0.3) is 0 Å². The topological polar surface area (TPSA) is 113 Å². The van der Waals surface area contributed by atoms with Crippen molar-refractivity contribution in [1.82, 2.24) is 5.32 Å². The molecule has 0 aliphatic carbocycles. The van der Waals surface area contributed by atoms with Crippen molar-refractivity contribution >= 4 is 70.8 Å². The number of ether oxygens (including phenoxy) is 4. The number of benzene rings is 6. The van der Waals surface area contributed by atoms with Crippen LogP contribution in [-0.4, -0.2) is 43.9 Å². The summed E-state index contributed by atoms with van der Waals surface area (Å²) in [4.78, 5) is 28.2. The predicted molar refractivity (Wildman–Crippen MR) is 248 cm³/mol. The van der Waals surface area contributed by atoms with Gasteiger partial charge in [0.2, 0.25) is 0 Å². The quantitative estimate of drug-likeness (QED) is 0.101. The lowest BCUT2D eigenvalue weighted by Crippen LogP contribution is -2.30. The zero-order valence-corrected chi connectivity index (χ0v) is 37.5. The molecule has 2 heterocycles. The molecule has 2 aliphatic rings. The molecule has 0 aromatic heterocycles. The van der Waals surface area contributed by atoms with Gasteiger partial charge < -0.3 is 24.3 Å². The van der Waals surface area contributed by atoms with Crippen molar-refractivity contribution < 1.29 is 37.3 Å². The molecular weight excluding hydrogens is 908 g/mol. The Labute approximate surface area is 391 Å². The molecule has 2 amide bonds. The van der Waals surface area contributed by atoms with Gasteiger partial charge >= 0.3 is 12.2 Å². The van der Waals surface area contributed by atoms with Crippen LogP contribution in [0.1, 0.15) is 36.6 Å². The van der Waals surface area contributed by atoms with Gasteiger partial charge in [-0.15, -0.1) is 24.0 Å². The molecule has 1 N–H and O–H groups in total. The van der Waals surface area contributed by atoms with Crippen LogP contribution in [0.4, 0.5) is 29.7 Å². The average Bonchev–Trinajstić information content (AvgIpc) is 3.82. The van der Waals surface area contributed by atoms with Gasteiger partial charge in [-0.3, -0.25) is 9.80 Å². The minimum absolute atomic E-state index is 0. The van der Waals surface area contributed by atoms with Gasteiger partial charge in [0.15, 0.2) is 0 Å². The first kappa shape index (κ1) is 49.0. The monoisotopic (exact) mass is 948 g/mol. The minimum Gasteiger partial charge on any atom is -0.457 e. The maximum atomic E-state index is 13.8. The highest BCUT2D eigenvalue weighted by molar-refractivity contribution is 6.30. The van der Waals surface area contributed by atoms with Gasteiger partial charge in [0.25, 0.3) is 0 Å². The summed E-state index contributed by atoms with van der Waals surface area (Å²) in [5, 5.41) is 11.7. The SMILES string of the molecule is CC[C@@H]1OC(=O)N(c2ccc(Oc3ccc(Cl)cc3)cc2)[C@H]1c1cccc(F)c1.CNCC#N.Cl.O=C1O[C@@H](CCl)[C@H](c2cccc(F)c2)N1c1ccc(Oc2ccc(Cl)cc2)cc1. The number of amides is 2. The molecule has 0 saturated carbocycles. The Balaban J connectivity index is 0.000000215. The number of nitriles is 1. The van der Waals surface area contributed by atoms with Crippen LogP contribution in [-0.2, 0) is 9.47 Å². The number of hydrogen-bond donors (Lipinski definition) is 1. The zero-order valence-electron chi connectivity index (χ0n) is 34.4. The third-order valence-electron chi connectivity index (χ3n) is 9.68. The van der Waals surface area contributed by atoms with Gasteiger partial charge in [-0.25, -0.2) is 18.4 Å². The second-order valence-electron chi connectivity index (χ2n) is 13.9. The summed E-state index contributed by atoms with van der Waals surface area (Å²) in [6.45, 7) is 2.39. The molecule has 8 rings (SSSR count). The summed E-state index contributed by atoms with van der Waals surface area (Å²) in [6, 6.07) is 41.5. The molecular formula is C48H42Cl4F2N4O6. The van der Waals surface area contributed by atoms with Crippen molar-refractivity contribution in [3.63, 3.8) is 0 Å². The molecule has 0 radical (unpaired) electrons. The molecule has 2 saturated heterocycles. The van der Waals surface area contributed by atoms with Gasteiger partial charge in [-0.2, -0.15) is 5.26 Å². The molecule has 4 atom stereocenters. The minimum atomic E-state index is -0.587. The first-order chi connectivity index (χ1) is 30.5. The molecule has 2 fully saturated rings. The first-order valence-electron chi connectivity index (χ1n) is 19.7. The summed E-state index contributed by atoms with van der Waals surface area (Å²) < 4.78 is 50.1. The second kappa shape index (κ2) is 23.6. The Hall–Kier alpha value is -6.07. The molecule has 6 aromatic carbocycles. The van der Waals surface area contributed by atoms with Crippen molar-refractivity contribution in [2.24, 2.45) is 0 Å². The van der Waals surface area contributed by atoms with E-state index in [1.807, 2.05) is 19.1 Å². The molecule has 0 spiro atoms. The fourth-order valence-corrected chi connectivity index (χ4v) is 7.31. The summed E-state index contributed by atoms with van der Waals surface area (Å²) in [5.41, 5.74) is 2.57. The number of hydrogen-bond acceptors (Lipinski definition) is 8. The molecule has 332 valence electrons. The van der Waals surface area contributed by atoms with E-state index in [1.165, 1.54) is 29.2 Å². The third-order valence-corrected chi connectivity index (χ3v) is 10.5. The van der Waals surface area contributed by atoms with Crippen LogP contribution in [0.15, 0.2) is 146 Å². The van der Waals surface area contributed by atoms with E-state index in [4.69, 9.17) is 59.0 Å². The van der Waals surface area contributed by atoms with E-state index in [1.54, 1.807) is 127 Å². The normalized spacial score (nSPS) is 17.3. The fourth-order valence-electron chi connectivity index (χ4n) is 6.83. The first-order valence-corrected chi connectivity index (χ1v) is 21.0. The highest BCUT2D eigenvalue weighted by atomic mass is 35.5. The Morgan fingerprint density at radius 2 is 1.02 bits per heavy atom. The number of cyclic esters (lactones) is 2. The summed E-state index contributed by atoms with van der Waals surface area (Å²) in [6.07, 6.45) is -1.29. The molecule has 16 heteroatoms. The van der Waals surface area contributed by atoms with Crippen molar-refractivity contribution in [3.8, 4) is 29.1 Å². The Kier molecular flexibility index (Phi) is 18.0. The Bertz CT molecular complexity index is 2330. The maximum absolute atomic E-state index is 13.8. The lowest BCUT2D eigenvalue weighted by molar-refractivity contribution is 0.129. The van der Waals surface area contributed by atoms with Crippen LogP contribution >= 0.6 is 47.2 Å². The van der Waals surface area contributed by atoms with E-state index in [2.05, 4.69) is 5.32 Å². The van der Waals surface area contributed by atoms with Crippen LogP contribution in [0.2, 0.25) is 10.0 Å².